The summed E-state index contributed by atoms with van der Waals surface area (Å²) in [6.07, 6.45) is 0. The Balaban J connectivity index is 3.12. The van der Waals surface area contributed by atoms with Gasteiger partial charge in [-0.3, -0.25) is 0 Å². The highest BCUT2D eigenvalue weighted by atomic mass is 35.5. The van der Waals surface area contributed by atoms with Crippen LogP contribution in [0.1, 0.15) is 38.8 Å². The van der Waals surface area contributed by atoms with Crippen molar-refractivity contribution < 1.29 is 13.5 Å². The third kappa shape index (κ3) is 4.42. The Kier molecular flexibility index (Phi) is 5.83. The molecule has 0 aliphatic rings. The number of hydrogen-bond acceptors (Lipinski definition) is 3. The molecule has 1 aromatic rings. The molecule has 4 nitrogen and oxygen atoms in total. The number of nitrogens with one attached hydrogen (secondary N) is 1. The minimum absolute atomic E-state index is 0.124. The molecule has 0 spiro atoms. The quantitative estimate of drug-likeness (QED) is 0.840. The largest absolute Gasteiger partial charge is 0.392 e. The Hall–Kier alpha value is -0.620. The zero-order valence-electron chi connectivity index (χ0n) is 13.2. The van der Waals surface area contributed by atoms with Crippen molar-refractivity contribution in [3.63, 3.8) is 0 Å². The van der Waals surface area contributed by atoms with Crippen LogP contribution < -0.4 is 4.72 Å². The Morgan fingerprint density at radius 2 is 1.90 bits per heavy atom. The predicted molar refractivity (Wildman–Crippen MR) is 85.9 cm³/mol. The van der Waals surface area contributed by atoms with Crippen LogP contribution in [-0.2, 0) is 16.6 Å². The maximum atomic E-state index is 12.5. The van der Waals surface area contributed by atoms with Gasteiger partial charge >= 0.3 is 0 Å². The lowest BCUT2D eigenvalue weighted by Gasteiger charge is -2.29. The van der Waals surface area contributed by atoms with E-state index in [0.29, 0.717) is 28.6 Å². The van der Waals surface area contributed by atoms with E-state index in [0.717, 1.165) is 0 Å². The van der Waals surface area contributed by atoms with E-state index in [1.165, 1.54) is 6.07 Å². The maximum absolute atomic E-state index is 12.5. The van der Waals surface area contributed by atoms with Crippen LogP contribution in [0.3, 0.4) is 0 Å². The molecule has 0 radical (unpaired) electrons. The van der Waals surface area contributed by atoms with Crippen molar-refractivity contribution in [3.8, 4) is 0 Å². The second kappa shape index (κ2) is 6.65. The van der Waals surface area contributed by atoms with E-state index in [-0.39, 0.29) is 16.9 Å². The molecule has 0 bridgehead atoms. The highest BCUT2D eigenvalue weighted by molar-refractivity contribution is 7.89. The van der Waals surface area contributed by atoms with E-state index >= 15 is 0 Å². The molecule has 0 amide bonds. The molecular weight excluding hydrogens is 310 g/mol. The number of aliphatic hydroxyl groups is 1. The summed E-state index contributed by atoms with van der Waals surface area (Å²) in [5, 5.41) is 9.59. The minimum Gasteiger partial charge on any atom is -0.392 e. The van der Waals surface area contributed by atoms with Gasteiger partial charge in [0.1, 0.15) is 0 Å². The highest BCUT2D eigenvalue weighted by Gasteiger charge is 2.26. The SMILES string of the molecule is Cc1c(CO)cc(Cl)cc1S(=O)(=O)NCC(C)(C)C(C)C. The van der Waals surface area contributed by atoms with E-state index in [9.17, 15) is 13.5 Å². The zero-order chi connectivity index (χ0) is 16.4. The molecule has 0 aliphatic carbocycles. The highest BCUT2D eigenvalue weighted by Crippen LogP contribution is 2.27. The van der Waals surface area contributed by atoms with Crippen molar-refractivity contribution in [2.75, 3.05) is 6.54 Å². The number of hydrogen-bond donors (Lipinski definition) is 2. The van der Waals surface area contributed by atoms with Gasteiger partial charge in [-0.05, 0) is 41.5 Å². The van der Waals surface area contributed by atoms with Gasteiger partial charge in [-0.15, -0.1) is 0 Å². The molecule has 0 aromatic heterocycles. The number of sulfonamides is 1. The lowest BCUT2D eigenvalue weighted by Crippen LogP contribution is -2.37. The molecule has 0 fully saturated rings. The van der Waals surface area contributed by atoms with Gasteiger partial charge < -0.3 is 5.11 Å². The lowest BCUT2D eigenvalue weighted by atomic mass is 9.81. The first-order valence-corrected chi connectivity index (χ1v) is 8.77. The monoisotopic (exact) mass is 333 g/mol. The standard InChI is InChI=1S/C15H24ClNO3S/c1-10(2)15(4,5)9-17-21(19,20)14-7-13(16)6-12(8-18)11(14)3/h6-7,10,17-18H,8-9H2,1-5H3. The van der Waals surface area contributed by atoms with Crippen LogP contribution >= 0.6 is 11.6 Å². The van der Waals surface area contributed by atoms with Crippen molar-refractivity contribution in [3.05, 3.63) is 28.3 Å². The second-order valence-electron chi connectivity index (χ2n) is 6.31. The molecule has 0 aliphatic heterocycles. The smallest absolute Gasteiger partial charge is 0.240 e. The normalized spacial score (nSPS) is 13.0. The van der Waals surface area contributed by atoms with Crippen molar-refractivity contribution in [1.82, 2.24) is 4.72 Å². The Morgan fingerprint density at radius 1 is 1.33 bits per heavy atom. The predicted octanol–water partition coefficient (Wildman–Crippen LogP) is 3.10. The fourth-order valence-corrected chi connectivity index (χ4v) is 3.55. The summed E-state index contributed by atoms with van der Waals surface area (Å²) in [5.41, 5.74) is 0.891. The van der Waals surface area contributed by atoms with Gasteiger partial charge in [-0.2, -0.15) is 0 Å². The third-order valence-electron chi connectivity index (χ3n) is 4.17. The molecule has 0 saturated carbocycles. The van der Waals surface area contributed by atoms with Gasteiger partial charge in [0, 0.05) is 11.6 Å². The molecular formula is C15H24ClNO3S. The van der Waals surface area contributed by atoms with Crippen LogP contribution in [0, 0.1) is 18.3 Å². The summed E-state index contributed by atoms with van der Waals surface area (Å²) < 4.78 is 27.6. The number of benzene rings is 1. The molecule has 0 unspecified atom stereocenters. The van der Waals surface area contributed by atoms with E-state index in [2.05, 4.69) is 18.6 Å². The van der Waals surface area contributed by atoms with E-state index in [4.69, 9.17) is 11.6 Å². The Morgan fingerprint density at radius 3 is 2.38 bits per heavy atom. The Bertz CT molecular complexity index is 610. The van der Waals surface area contributed by atoms with E-state index in [1.54, 1.807) is 13.0 Å². The first-order chi connectivity index (χ1) is 9.51. The molecule has 21 heavy (non-hydrogen) atoms. The van der Waals surface area contributed by atoms with Gasteiger partial charge in [0.15, 0.2) is 0 Å². The Labute approximate surface area is 132 Å². The van der Waals surface area contributed by atoms with Crippen molar-refractivity contribution in [2.45, 2.75) is 46.1 Å². The van der Waals surface area contributed by atoms with Gasteiger partial charge in [-0.25, -0.2) is 13.1 Å². The first kappa shape index (κ1) is 18.4. The van der Waals surface area contributed by atoms with Crippen molar-refractivity contribution in [1.29, 1.82) is 0 Å². The van der Waals surface area contributed by atoms with Crippen LogP contribution in [0.25, 0.3) is 0 Å². The fraction of sp³-hybridized carbons (Fsp3) is 0.600. The summed E-state index contributed by atoms with van der Waals surface area (Å²) in [5.74, 6) is 0.341. The van der Waals surface area contributed by atoms with Crippen LogP contribution in [0.2, 0.25) is 5.02 Å². The minimum atomic E-state index is -3.66. The molecule has 0 saturated heterocycles. The van der Waals surface area contributed by atoms with Gasteiger partial charge in [-0.1, -0.05) is 39.3 Å². The topological polar surface area (TPSA) is 66.4 Å². The summed E-state index contributed by atoms with van der Waals surface area (Å²) in [4.78, 5) is 0.124. The third-order valence-corrected chi connectivity index (χ3v) is 5.92. The zero-order valence-corrected chi connectivity index (χ0v) is 14.8. The maximum Gasteiger partial charge on any atom is 0.240 e. The summed E-state index contributed by atoms with van der Waals surface area (Å²) in [7, 11) is -3.66. The van der Waals surface area contributed by atoms with Gasteiger partial charge in [0.2, 0.25) is 10.0 Å². The average molecular weight is 334 g/mol. The summed E-state index contributed by atoms with van der Waals surface area (Å²) in [6, 6.07) is 2.99. The van der Waals surface area contributed by atoms with Crippen LogP contribution in [0.15, 0.2) is 17.0 Å². The molecule has 1 aromatic carbocycles. The number of rotatable bonds is 6. The fourth-order valence-electron chi connectivity index (χ4n) is 1.71. The summed E-state index contributed by atoms with van der Waals surface area (Å²) >= 11 is 5.94. The van der Waals surface area contributed by atoms with Crippen LogP contribution in [0.5, 0.6) is 0 Å². The molecule has 120 valence electrons. The van der Waals surface area contributed by atoms with Gasteiger partial charge in [0.25, 0.3) is 0 Å². The van der Waals surface area contributed by atoms with Gasteiger partial charge in [0.05, 0.1) is 11.5 Å². The van der Waals surface area contributed by atoms with Crippen LogP contribution in [-0.4, -0.2) is 20.1 Å². The molecule has 2 N–H and O–H groups in total. The molecule has 0 heterocycles. The molecule has 0 atom stereocenters. The second-order valence-corrected chi connectivity index (χ2v) is 8.49. The number of aliphatic hydroxyl groups excluding tert-OH is 1. The summed E-state index contributed by atoms with van der Waals surface area (Å²) in [6.45, 7) is 9.92. The molecule has 1 rings (SSSR count). The van der Waals surface area contributed by atoms with E-state index < -0.39 is 10.0 Å². The lowest BCUT2D eigenvalue weighted by molar-refractivity contribution is 0.252. The van der Waals surface area contributed by atoms with Crippen molar-refractivity contribution >= 4 is 21.6 Å². The molecule has 6 heteroatoms. The average Bonchev–Trinajstić information content (AvgIpc) is 2.38. The number of halogens is 1. The van der Waals surface area contributed by atoms with E-state index in [1.807, 2.05) is 13.8 Å². The van der Waals surface area contributed by atoms with Crippen LogP contribution in [0.4, 0.5) is 0 Å². The first-order valence-electron chi connectivity index (χ1n) is 6.91. The van der Waals surface area contributed by atoms with Crippen molar-refractivity contribution in [2.24, 2.45) is 11.3 Å².